The zero-order valence-electron chi connectivity index (χ0n) is 21.4. The Balaban J connectivity index is 0.000000531. The topological polar surface area (TPSA) is 218 Å². The molecule has 0 radical (unpaired) electrons. The summed E-state index contributed by atoms with van der Waals surface area (Å²) >= 11 is 2.46. The molecule has 0 spiro atoms. The van der Waals surface area contributed by atoms with Crippen molar-refractivity contribution in [2.24, 2.45) is 5.16 Å². The Morgan fingerprint density at radius 3 is 2.57 bits per heavy atom. The Bertz CT molecular complexity index is 1540. The molecule has 4 heterocycles. The molecule has 4 N–H and O–H groups in total. The average molecular weight is 655 g/mol. The fourth-order valence-corrected chi connectivity index (χ4v) is 5.49. The van der Waals surface area contributed by atoms with Crippen LogP contribution in [0.25, 0.3) is 0 Å². The van der Waals surface area contributed by atoms with Gasteiger partial charge < -0.3 is 30.3 Å². The maximum Gasteiger partial charge on any atom is 0.485 e. The van der Waals surface area contributed by atoms with E-state index in [2.05, 4.69) is 15.5 Å². The summed E-state index contributed by atoms with van der Waals surface area (Å²) in [5, 5.41) is 18.0. The van der Waals surface area contributed by atoms with E-state index in [9.17, 15) is 32.7 Å². The summed E-state index contributed by atoms with van der Waals surface area (Å²) in [6, 6.07) is 2.14. The molecule has 0 aliphatic carbocycles. The summed E-state index contributed by atoms with van der Waals surface area (Å²) in [7, 11) is -3.27. The number of nitrogens with one attached hydrogen (secondary N) is 1. The number of fused-ring (bicyclic) bond motifs is 1. The van der Waals surface area contributed by atoms with Crippen LogP contribution in [-0.4, -0.2) is 89.0 Å². The summed E-state index contributed by atoms with van der Waals surface area (Å²) in [5.74, 6) is -1.37. The largest absolute Gasteiger partial charge is 0.741 e. The Labute approximate surface area is 243 Å². The molecular formula is C21H21F3N6O9S3. The average Bonchev–Trinajstić information content (AvgIpc) is 3.34. The molecule has 2 aromatic heterocycles. The molecule has 4 rings (SSSR count). The number of pyridine rings is 1. The second kappa shape index (κ2) is 12.9. The molecule has 0 aromatic carbocycles. The summed E-state index contributed by atoms with van der Waals surface area (Å²) in [4.78, 5) is 48.4. The van der Waals surface area contributed by atoms with E-state index >= 15 is 0 Å². The van der Waals surface area contributed by atoms with Crippen molar-refractivity contribution < 1.29 is 59.8 Å². The number of hydrogen-bond acceptors (Lipinski definition) is 13. The van der Waals surface area contributed by atoms with Crippen molar-refractivity contribution >= 4 is 61.8 Å². The highest BCUT2D eigenvalue weighted by Gasteiger charge is 2.54. The molecule has 2 aliphatic rings. The number of halogens is 3. The number of thiazole rings is 1. The molecule has 21 heteroatoms. The van der Waals surface area contributed by atoms with E-state index in [1.54, 1.807) is 41.6 Å². The molecule has 1 saturated heterocycles. The van der Waals surface area contributed by atoms with E-state index in [1.807, 2.05) is 0 Å². The number of carboxylic acid groups (broad SMARTS) is 1. The first-order chi connectivity index (χ1) is 19.6. The number of nitrogens with two attached hydrogens (primary N) is 1. The van der Waals surface area contributed by atoms with Gasteiger partial charge in [-0.15, -0.1) is 23.1 Å². The van der Waals surface area contributed by atoms with Crippen LogP contribution < -0.4 is 20.4 Å². The van der Waals surface area contributed by atoms with Crippen molar-refractivity contribution in [3.8, 4) is 5.75 Å². The minimum Gasteiger partial charge on any atom is -0.741 e. The van der Waals surface area contributed by atoms with Crippen molar-refractivity contribution in [3.63, 3.8) is 0 Å². The monoisotopic (exact) mass is 654 g/mol. The van der Waals surface area contributed by atoms with Crippen LogP contribution in [0.4, 0.5) is 18.3 Å². The number of carboxylic acids is 1. The number of alkyl halides is 3. The number of allylic oxidation sites excluding steroid dienone is 1. The number of β-lactam (4-membered cyclic amide) rings is 1. The van der Waals surface area contributed by atoms with Crippen LogP contribution in [-0.2, 0) is 35.9 Å². The molecule has 2 unspecified atom stereocenters. The Morgan fingerprint density at radius 1 is 1.38 bits per heavy atom. The minimum absolute atomic E-state index is 0.0925. The third-order valence-corrected chi connectivity index (χ3v) is 7.90. The van der Waals surface area contributed by atoms with Gasteiger partial charge in [0.05, 0.1) is 18.1 Å². The number of hydrogen-bond donors (Lipinski definition) is 3. The van der Waals surface area contributed by atoms with E-state index in [1.165, 1.54) is 23.8 Å². The number of methoxy groups -OCH3 is 1. The molecule has 0 bridgehead atoms. The van der Waals surface area contributed by atoms with Gasteiger partial charge in [-0.3, -0.25) is 14.5 Å². The van der Waals surface area contributed by atoms with Crippen molar-refractivity contribution in [2.45, 2.75) is 24.1 Å². The lowest BCUT2D eigenvalue weighted by molar-refractivity contribution is -0.688. The van der Waals surface area contributed by atoms with E-state index in [-0.39, 0.29) is 28.8 Å². The summed E-state index contributed by atoms with van der Waals surface area (Å²) in [5.41, 5.74) is -0.0179. The highest BCUT2D eigenvalue weighted by atomic mass is 32.2. The second-order valence-corrected chi connectivity index (χ2v) is 11.5. The summed E-state index contributed by atoms with van der Waals surface area (Å²) in [6.07, 6.45) is 3.52. The molecule has 2 aromatic rings. The maximum absolute atomic E-state index is 12.9. The Hall–Kier alpha value is -3.95. The highest BCUT2D eigenvalue weighted by molar-refractivity contribution is 8.03. The normalized spacial score (nSPS) is 18.8. The molecular weight excluding hydrogens is 633 g/mol. The number of rotatable bonds is 8. The van der Waals surface area contributed by atoms with E-state index < -0.39 is 45.5 Å². The number of ether oxygens (including phenoxy) is 1. The Morgan fingerprint density at radius 2 is 2.05 bits per heavy atom. The van der Waals surface area contributed by atoms with Crippen LogP contribution >= 0.6 is 23.1 Å². The highest BCUT2D eigenvalue weighted by Crippen LogP contribution is 2.39. The minimum atomic E-state index is -6.09. The van der Waals surface area contributed by atoms with Crippen molar-refractivity contribution in [3.05, 3.63) is 46.2 Å². The zero-order chi connectivity index (χ0) is 31.4. The molecule has 42 heavy (non-hydrogen) atoms. The fourth-order valence-electron chi connectivity index (χ4n) is 3.67. The predicted molar refractivity (Wildman–Crippen MR) is 139 cm³/mol. The number of nitrogen functional groups attached to an aromatic ring is 1. The number of anilines is 1. The van der Waals surface area contributed by atoms with Gasteiger partial charge in [0.15, 0.2) is 39.5 Å². The molecule has 228 valence electrons. The SMILES string of the molecule is CON=C(C(=O)NC1C(=O)N2C(C(=O)O)=C(C[n+]3cccc(OC)c3)SCC12)c1csc(N)n1.O=S(=O)([O-])C(F)(F)F. The predicted octanol–water partition coefficient (Wildman–Crippen LogP) is -0.138. The first kappa shape index (κ1) is 32.6. The lowest BCUT2D eigenvalue weighted by Crippen LogP contribution is -2.73. The van der Waals surface area contributed by atoms with Gasteiger partial charge in [-0.25, -0.2) is 18.2 Å². The number of nitrogens with zero attached hydrogens (tertiary/aromatic N) is 4. The van der Waals surface area contributed by atoms with Gasteiger partial charge in [-0.2, -0.15) is 17.7 Å². The number of thioether (sulfide) groups is 1. The van der Waals surface area contributed by atoms with Crippen LogP contribution in [0.1, 0.15) is 5.69 Å². The first-order valence-electron chi connectivity index (χ1n) is 11.2. The second-order valence-electron chi connectivity index (χ2n) is 8.12. The zero-order valence-corrected chi connectivity index (χ0v) is 23.8. The van der Waals surface area contributed by atoms with Crippen LogP contribution in [0.3, 0.4) is 0 Å². The van der Waals surface area contributed by atoms with Gasteiger partial charge in [0.25, 0.3) is 11.8 Å². The van der Waals surface area contributed by atoms with Crippen LogP contribution in [0.2, 0.25) is 0 Å². The molecule has 2 atom stereocenters. The molecule has 2 aliphatic heterocycles. The summed E-state index contributed by atoms with van der Waals surface area (Å²) < 4.78 is 65.9. The lowest BCUT2D eigenvalue weighted by atomic mass is 9.94. The number of carbonyl (C=O) groups is 3. The fraction of sp³-hybridized carbons (Fsp3) is 0.333. The first-order valence-corrected chi connectivity index (χ1v) is 14.5. The van der Waals surface area contributed by atoms with E-state index in [4.69, 9.17) is 28.3 Å². The standard InChI is InChI=1S/C20H20N6O6S2.CHF3O3S/c1-31-10-4-3-5-25(6-10)7-13-16(19(29)30)26-12(9-33-13)15(18(26)28)23-17(27)14(24-32-2)11-8-34-20(21)22-11;2-1(3,4)8(5,6)7/h3-6,8,12,15H,7,9H2,1-2H3,(H3-,21,22,23,27,29,30);(H,5,6,7). The van der Waals surface area contributed by atoms with Crippen LogP contribution in [0.15, 0.2) is 45.7 Å². The van der Waals surface area contributed by atoms with Gasteiger partial charge in [0.2, 0.25) is 6.20 Å². The van der Waals surface area contributed by atoms with Crippen molar-refractivity contribution in [1.82, 2.24) is 15.2 Å². The quantitative estimate of drug-likeness (QED) is 0.0847. The third kappa shape index (κ3) is 7.27. The number of aromatic nitrogens is 2. The van der Waals surface area contributed by atoms with E-state index in [0.29, 0.717) is 16.4 Å². The van der Waals surface area contributed by atoms with E-state index in [0.717, 1.165) is 11.3 Å². The molecule has 15 nitrogen and oxygen atoms in total. The molecule has 2 amide bonds. The number of oxime groups is 1. The number of carbonyl (C=O) groups excluding carboxylic acids is 2. The third-order valence-electron chi connectivity index (χ3n) is 5.48. The van der Waals surface area contributed by atoms with Crippen molar-refractivity contribution in [2.75, 3.05) is 25.7 Å². The maximum atomic E-state index is 12.9. The molecule has 0 saturated carbocycles. The number of amides is 2. The van der Waals surface area contributed by atoms with Gasteiger partial charge in [-0.05, 0) is 6.07 Å². The smallest absolute Gasteiger partial charge is 0.485 e. The van der Waals surface area contributed by atoms with Crippen molar-refractivity contribution in [1.29, 1.82) is 0 Å². The van der Waals surface area contributed by atoms with Gasteiger partial charge >= 0.3 is 11.5 Å². The van der Waals surface area contributed by atoms with Gasteiger partial charge in [0.1, 0.15) is 24.5 Å². The number of aliphatic carboxylic acids is 1. The van der Waals surface area contributed by atoms with Crippen LogP contribution in [0.5, 0.6) is 5.75 Å². The van der Waals surface area contributed by atoms with Crippen LogP contribution in [0, 0.1) is 0 Å². The van der Waals surface area contributed by atoms with Gasteiger partial charge in [-0.1, -0.05) is 5.16 Å². The molecule has 1 fully saturated rings. The van der Waals surface area contributed by atoms with Gasteiger partial charge in [0, 0.05) is 17.2 Å². The summed E-state index contributed by atoms with van der Waals surface area (Å²) in [6.45, 7) is 0.257. The Kier molecular flexibility index (Phi) is 10.0. The lowest BCUT2D eigenvalue weighted by Gasteiger charge is -2.49.